The number of thiazole rings is 1. The van der Waals surface area contributed by atoms with E-state index in [1.807, 2.05) is 11.1 Å². The minimum absolute atomic E-state index is 0.171. The monoisotopic (exact) mass is 319 g/mol. The number of nitrogens with one attached hydrogen (secondary N) is 1. The summed E-state index contributed by atoms with van der Waals surface area (Å²) >= 11 is 1.76. The fourth-order valence-corrected chi connectivity index (χ4v) is 5.44. The van der Waals surface area contributed by atoms with E-state index in [0.29, 0.717) is 17.7 Å². The zero-order chi connectivity index (χ0) is 14.9. The largest absolute Gasteiger partial charge is 0.316 e. The van der Waals surface area contributed by atoms with E-state index in [4.69, 9.17) is 0 Å². The zero-order valence-electron chi connectivity index (χ0n) is 13.1. The maximum absolute atomic E-state index is 12.8. The van der Waals surface area contributed by atoms with Crippen LogP contribution in [0.2, 0.25) is 0 Å². The molecule has 1 aliphatic carbocycles. The van der Waals surface area contributed by atoms with Gasteiger partial charge < -0.3 is 5.32 Å². The standard InChI is InChI=1S/C17H25N3OS/c21-16-14-10-18-8-6-12(14)7-9-20(16)17-19-11-15(22-17)13-4-2-1-3-5-13/h11-14,18H,1-10H2/t12-,14+/m0/s1. The summed E-state index contributed by atoms with van der Waals surface area (Å²) in [6.45, 7) is 2.77. The Balaban J connectivity index is 1.49. The van der Waals surface area contributed by atoms with Gasteiger partial charge in [-0.2, -0.15) is 0 Å². The van der Waals surface area contributed by atoms with Gasteiger partial charge in [-0.15, -0.1) is 11.3 Å². The molecule has 0 aromatic carbocycles. The van der Waals surface area contributed by atoms with E-state index in [9.17, 15) is 4.79 Å². The molecule has 1 aromatic rings. The van der Waals surface area contributed by atoms with Crippen LogP contribution in [0.4, 0.5) is 5.13 Å². The SMILES string of the molecule is O=C1[C@@H]2CNCC[C@H]2CCN1c1ncc(C2CCCCC2)s1. The predicted molar refractivity (Wildman–Crippen MR) is 89.4 cm³/mol. The van der Waals surface area contributed by atoms with Crippen LogP contribution in [0, 0.1) is 11.8 Å². The molecule has 3 fully saturated rings. The molecule has 0 bridgehead atoms. The van der Waals surface area contributed by atoms with Crippen LogP contribution in [0.1, 0.15) is 55.7 Å². The Morgan fingerprint density at radius 2 is 2.05 bits per heavy atom. The summed E-state index contributed by atoms with van der Waals surface area (Å²) in [4.78, 5) is 20.8. The summed E-state index contributed by atoms with van der Waals surface area (Å²) < 4.78 is 0. The van der Waals surface area contributed by atoms with E-state index >= 15 is 0 Å². The van der Waals surface area contributed by atoms with E-state index < -0.39 is 0 Å². The van der Waals surface area contributed by atoms with Crippen molar-refractivity contribution < 1.29 is 4.79 Å². The molecule has 5 heteroatoms. The first-order valence-corrected chi connectivity index (χ1v) is 9.62. The van der Waals surface area contributed by atoms with Crippen LogP contribution in [0.3, 0.4) is 0 Å². The minimum Gasteiger partial charge on any atom is -0.316 e. The third kappa shape index (κ3) is 2.69. The van der Waals surface area contributed by atoms with E-state index in [2.05, 4.69) is 10.3 Å². The van der Waals surface area contributed by atoms with Crippen LogP contribution in [-0.4, -0.2) is 30.5 Å². The Labute approximate surface area is 136 Å². The number of carbonyl (C=O) groups is 1. The topological polar surface area (TPSA) is 45.2 Å². The van der Waals surface area contributed by atoms with Crippen molar-refractivity contribution >= 4 is 22.4 Å². The van der Waals surface area contributed by atoms with Gasteiger partial charge in [-0.3, -0.25) is 9.69 Å². The fourth-order valence-electron chi connectivity index (χ4n) is 4.32. The van der Waals surface area contributed by atoms with Crippen LogP contribution in [0.5, 0.6) is 0 Å². The molecule has 2 aliphatic heterocycles. The molecular formula is C17H25N3OS. The van der Waals surface area contributed by atoms with E-state index in [-0.39, 0.29) is 5.92 Å². The number of hydrogen-bond donors (Lipinski definition) is 1. The first-order valence-electron chi connectivity index (χ1n) is 8.81. The van der Waals surface area contributed by atoms with Gasteiger partial charge in [0.15, 0.2) is 5.13 Å². The van der Waals surface area contributed by atoms with Crippen LogP contribution in [-0.2, 0) is 4.79 Å². The van der Waals surface area contributed by atoms with E-state index in [1.165, 1.54) is 37.0 Å². The molecule has 3 heterocycles. The molecule has 1 saturated carbocycles. The number of rotatable bonds is 2. The van der Waals surface area contributed by atoms with Gasteiger partial charge in [0.1, 0.15) is 0 Å². The maximum atomic E-state index is 12.8. The molecule has 3 aliphatic rings. The summed E-state index contributed by atoms with van der Waals surface area (Å²) in [7, 11) is 0. The Bertz CT molecular complexity index is 538. The lowest BCUT2D eigenvalue weighted by molar-refractivity contribution is -0.126. The smallest absolute Gasteiger partial charge is 0.233 e. The first kappa shape index (κ1) is 14.6. The number of nitrogens with zero attached hydrogens (tertiary/aromatic N) is 2. The molecular weight excluding hydrogens is 294 g/mol. The highest BCUT2D eigenvalue weighted by molar-refractivity contribution is 7.15. The summed E-state index contributed by atoms with van der Waals surface area (Å²) in [5.41, 5.74) is 0. The van der Waals surface area contributed by atoms with Gasteiger partial charge in [-0.05, 0) is 44.1 Å². The Morgan fingerprint density at radius 3 is 2.91 bits per heavy atom. The van der Waals surface area contributed by atoms with Crippen molar-refractivity contribution in [2.24, 2.45) is 11.8 Å². The lowest BCUT2D eigenvalue weighted by atomic mass is 9.80. The van der Waals surface area contributed by atoms with E-state index in [0.717, 1.165) is 37.6 Å². The molecule has 0 spiro atoms. The second-order valence-corrected chi connectivity index (χ2v) is 8.06. The number of anilines is 1. The number of carbonyl (C=O) groups excluding carboxylic acids is 1. The average Bonchev–Trinajstić information content (AvgIpc) is 3.06. The summed E-state index contributed by atoms with van der Waals surface area (Å²) in [6.07, 6.45) is 11.0. The van der Waals surface area contributed by atoms with Crippen LogP contribution >= 0.6 is 11.3 Å². The van der Waals surface area contributed by atoms with Crippen LogP contribution in [0.25, 0.3) is 0 Å². The third-order valence-corrected chi connectivity index (χ3v) is 6.86. The predicted octanol–water partition coefficient (Wildman–Crippen LogP) is 3.15. The summed E-state index contributed by atoms with van der Waals surface area (Å²) in [5, 5.41) is 4.32. The second kappa shape index (κ2) is 6.28. The van der Waals surface area contributed by atoms with Crippen LogP contribution < -0.4 is 10.2 Å². The van der Waals surface area contributed by atoms with Gasteiger partial charge in [-0.25, -0.2) is 4.98 Å². The highest BCUT2D eigenvalue weighted by Crippen LogP contribution is 2.39. The van der Waals surface area contributed by atoms with Gasteiger partial charge in [0.2, 0.25) is 5.91 Å². The molecule has 0 radical (unpaired) electrons. The fraction of sp³-hybridized carbons (Fsp3) is 0.765. The molecule has 1 amide bonds. The molecule has 1 N–H and O–H groups in total. The Morgan fingerprint density at radius 1 is 1.18 bits per heavy atom. The van der Waals surface area contributed by atoms with Gasteiger partial charge >= 0.3 is 0 Å². The van der Waals surface area contributed by atoms with Crippen molar-refractivity contribution in [1.82, 2.24) is 10.3 Å². The Hall–Kier alpha value is -0.940. The second-order valence-electron chi connectivity index (χ2n) is 7.02. The molecule has 0 unspecified atom stereocenters. The third-order valence-electron chi connectivity index (χ3n) is 5.68. The highest BCUT2D eigenvalue weighted by atomic mass is 32.1. The number of fused-ring (bicyclic) bond motifs is 1. The normalized spacial score (nSPS) is 30.4. The van der Waals surface area contributed by atoms with Gasteiger partial charge in [0.05, 0.1) is 5.92 Å². The number of aromatic nitrogens is 1. The van der Waals surface area contributed by atoms with Crippen molar-refractivity contribution in [2.45, 2.75) is 50.9 Å². The molecule has 4 rings (SSSR count). The Kier molecular flexibility index (Phi) is 4.18. The van der Waals surface area contributed by atoms with Gasteiger partial charge in [-0.1, -0.05) is 19.3 Å². The van der Waals surface area contributed by atoms with Crippen molar-refractivity contribution in [1.29, 1.82) is 0 Å². The van der Waals surface area contributed by atoms with Crippen LogP contribution in [0.15, 0.2) is 6.20 Å². The number of piperidine rings is 2. The lowest BCUT2D eigenvalue weighted by Crippen LogP contribution is -2.52. The first-order chi connectivity index (χ1) is 10.8. The van der Waals surface area contributed by atoms with Gasteiger partial charge in [0.25, 0.3) is 0 Å². The van der Waals surface area contributed by atoms with Crippen molar-refractivity contribution in [2.75, 3.05) is 24.5 Å². The maximum Gasteiger partial charge on any atom is 0.233 e. The minimum atomic E-state index is 0.171. The number of hydrogen-bond acceptors (Lipinski definition) is 4. The molecule has 1 aromatic heterocycles. The van der Waals surface area contributed by atoms with Crippen molar-refractivity contribution in [3.8, 4) is 0 Å². The molecule has 22 heavy (non-hydrogen) atoms. The molecule has 4 nitrogen and oxygen atoms in total. The van der Waals surface area contributed by atoms with Crippen molar-refractivity contribution in [3.05, 3.63) is 11.1 Å². The molecule has 2 saturated heterocycles. The van der Waals surface area contributed by atoms with Gasteiger partial charge in [0, 0.05) is 24.2 Å². The van der Waals surface area contributed by atoms with E-state index in [1.54, 1.807) is 11.3 Å². The van der Waals surface area contributed by atoms with Crippen molar-refractivity contribution in [3.63, 3.8) is 0 Å². The summed E-state index contributed by atoms with van der Waals surface area (Å²) in [6, 6.07) is 0. The lowest BCUT2D eigenvalue weighted by Gasteiger charge is -2.39. The average molecular weight is 319 g/mol. The molecule has 120 valence electrons. The quantitative estimate of drug-likeness (QED) is 0.911. The highest BCUT2D eigenvalue weighted by Gasteiger charge is 2.39. The zero-order valence-corrected chi connectivity index (χ0v) is 13.9. The number of amides is 1. The summed E-state index contributed by atoms with van der Waals surface area (Å²) in [5.74, 6) is 1.74. The molecule has 2 atom stereocenters.